The molecule has 1 saturated carbocycles. The zero-order chi connectivity index (χ0) is 21.7. The van der Waals surface area contributed by atoms with Gasteiger partial charge in [-0.15, -0.1) is 0 Å². The molecule has 0 amide bonds. The minimum Gasteiger partial charge on any atom is -0.394 e. The molecule has 0 aliphatic heterocycles. The molecule has 1 fully saturated rings. The van der Waals surface area contributed by atoms with Gasteiger partial charge in [0.2, 0.25) is 5.95 Å². The van der Waals surface area contributed by atoms with Crippen LogP contribution in [0.5, 0.6) is 0 Å². The lowest BCUT2D eigenvalue weighted by molar-refractivity contribution is -0.115. The molecule has 0 saturated heterocycles. The van der Waals surface area contributed by atoms with E-state index in [0.29, 0.717) is 5.56 Å². The van der Waals surface area contributed by atoms with Gasteiger partial charge in [-0.25, -0.2) is 0 Å². The largest absolute Gasteiger partial charge is 0.394 e. The number of hydrogen-bond acceptors (Lipinski definition) is 10. The van der Waals surface area contributed by atoms with E-state index in [-0.39, 0.29) is 23.5 Å². The molecule has 0 aromatic carbocycles. The third-order valence-electron chi connectivity index (χ3n) is 4.90. The van der Waals surface area contributed by atoms with E-state index in [9.17, 15) is 15.0 Å². The highest BCUT2D eigenvalue weighted by atomic mass is 16.5. The van der Waals surface area contributed by atoms with E-state index in [4.69, 9.17) is 31.5 Å². The number of ether oxygens (including phenoxy) is 1. The number of fused-ring (bicyclic) bond motifs is 1. The SMILES string of the molecule is COC(CO)C(O)C(O)n1cc(CN)c2c(=O)[nH]c(N)nc21.OC1CCCC1O. The molecular formula is C17H29N5O7. The Balaban J connectivity index is 0.000000360. The molecule has 10 N–H and O–H groups in total. The molecule has 2 aromatic heterocycles. The number of nitrogen functional groups attached to an aromatic ring is 1. The highest BCUT2D eigenvalue weighted by Crippen LogP contribution is 2.23. The number of nitrogens with one attached hydrogen (secondary N) is 1. The molecule has 5 unspecified atom stereocenters. The van der Waals surface area contributed by atoms with Gasteiger partial charge in [0, 0.05) is 19.9 Å². The van der Waals surface area contributed by atoms with Crippen molar-refractivity contribution in [2.75, 3.05) is 19.5 Å². The molecule has 0 radical (unpaired) electrons. The third kappa shape index (κ3) is 5.11. The molecule has 29 heavy (non-hydrogen) atoms. The summed E-state index contributed by atoms with van der Waals surface area (Å²) in [4.78, 5) is 18.3. The van der Waals surface area contributed by atoms with Crippen molar-refractivity contribution in [3.63, 3.8) is 0 Å². The van der Waals surface area contributed by atoms with Crippen LogP contribution in [0.25, 0.3) is 11.0 Å². The van der Waals surface area contributed by atoms with E-state index < -0.39 is 42.8 Å². The number of rotatable bonds is 6. The van der Waals surface area contributed by atoms with Crippen molar-refractivity contribution in [1.29, 1.82) is 0 Å². The lowest BCUT2D eigenvalue weighted by atomic mass is 10.2. The van der Waals surface area contributed by atoms with Gasteiger partial charge in [-0.2, -0.15) is 4.98 Å². The van der Waals surface area contributed by atoms with Crippen LogP contribution in [0, 0.1) is 0 Å². The molecule has 1 aliphatic rings. The fourth-order valence-corrected chi connectivity index (χ4v) is 3.20. The second kappa shape index (κ2) is 10.1. The van der Waals surface area contributed by atoms with Crippen LogP contribution < -0.4 is 17.0 Å². The summed E-state index contributed by atoms with van der Waals surface area (Å²) in [5, 5.41) is 47.2. The first kappa shape index (κ1) is 23.2. The minimum absolute atomic E-state index is 0.0364. The van der Waals surface area contributed by atoms with Gasteiger partial charge in [-0.05, 0) is 24.8 Å². The number of nitrogens with two attached hydrogens (primary N) is 2. The molecule has 12 heteroatoms. The van der Waals surface area contributed by atoms with Crippen LogP contribution in [-0.2, 0) is 11.3 Å². The normalized spacial score (nSPS) is 22.2. The molecule has 2 aromatic rings. The summed E-state index contributed by atoms with van der Waals surface area (Å²) in [6, 6.07) is 0. The predicted molar refractivity (Wildman–Crippen MR) is 104 cm³/mol. The van der Waals surface area contributed by atoms with E-state index in [1.54, 1.807) is 0 Å². The highest BCUT2D eigenvalue weighted by molar-refractivity contribution is 5.80. The Hall–Kier alpha value is -2.06. The molecule has 0 bridgehead atoms. The van der Waals surface area contributed by atoms with Crippen molar-refractivity contribution in [3.05, 3.63) is 22.1 Å². The highest BCUT2D eigenvalue weighted by Gasteiger charge is 2.29. The van der Waals surface area contributed by atoms with E-state index in [2.05, 4.69) is 9.97 Å². The summed E-state index contributed by atoms with van der Waals surface area (Å²) in [6.45, 7) is -0.456. The van der Waals surface area contributed by atoms with E-state index in [0.717, 1.165) is 19.3 Å². The quantitative estimate of drug-likeness (QED) is 0.248. The van der Waals surface area contributed by atoms with Gasteiger partial charge in [0.05, 0.1) is 24.2 Å². The monoisotopic (exact) mass is 415 g/mol. The van der Waals surface area contributed by atoms with Crippen LogP contribution in [0.3, 0.4) is 0 Å². The average Bonchev–Trinajstić information content (AvgIpc) is 3.25. The smallest absolute Gasteiger partial charge is 0.262 e. The fourth-order valence-electron chi connectivity index (χ4n) is 3.20. The average molecular weight is 415 g/mol. The molecule has 3 rings (SSSR count). The number of methoxy groups -OCH3 is 1. The van der Waals surface area contributed by atoms with Crippen LogP contribution in [0.2, 0.25) is 0 Å². The van der Waals surface area contributed by atoms with Crippen molar-refractivity contribution in [1.82, 2.24) is 14.5 Å². The summed E-state index contributed by atoms with van der Waals surface area (Å²) in [5.41, 5.74) is 11.1. The number of hydrogen-bond donors (Lipinski definition) is 8. The minimum atomic E-state index is -1.51. The summed E-state index contributed by atoms with van der Waals surface area (Å²) in [6.07, 6.45) is -0.880. The van der Waals surface area contributed by atoms with Crippen LogP contribution >= 0.6 is 0 Å². The Labute approximate surface area is 166 Å². The van der Waals surface area contributed by atoms with Crippen molar-refractivity contribution in [2.24, 2.45) is 5.73 Å². The maximum Gasteiger partial charge on any atom is 0.262 e. The molecule has 5 atom stereocenters. The van der Waals surface area contributed by atoms with Gasteiger partial charge in [0.15, 0.2) is 11.9 Å². The van der Waals surface area contributed by atoms with E-state index in [1.165, 1.54) is 17.9 Å². The van der Waals surface area contributed by atoms with E-state index >= 15 is 0 Å². The van der Waals surface area contributed by atoms with Gasteiger partial charge in [-0.1, -0.05) is 0 Å². The standard InChI is InChI=1S/C12H19N5O5.C5H10O2/c1-22-6(4-18)8(19)11(21)17-3-5(2-13)7-9(17)15-12(14)16-10(7)20;6-4-2-1-3-5(4)7/h3,6,8,11,18-19,21H,2,4,13H2,1H3,(H3,14,15,16,20);4-7H,1-3H2. The van der Waals surface area contributed by atoms with Crippen LogP contribution in [-0.4, -0.2) is 78.2 Å². The van der Waals surface area contributed by atoms with Crippen LogP contribution in [0.4, 0.5) is 5.95 Å². The Morgan fingerprint density at radius 3 is 2.41 bits per heavy atom. The Morgan fingerprint density at radius 2 is 1.97 bits per heavy atom. The number of aromatic nitrogens is 3. The summed E-state index contributed by atoms with van der Waals surface area (Å²) in [7, 11) is 1.29. The van der Waals surface area contributed by atoms with Crippen molar-refractivity contribution < 1.29 is 30.3 Å². The zero-order valence-electron chi connectivity index (χ0n) is 16.1. The Morgan fingerprint density at radius 1 is 1.34 bits per heavy atom. The molecule has 0 spiro atoms. The molecular weight excluding hydrogens is 386 g/mol. The van der Waals surface area contributed by atoms with Gasteiger partial charge >= 0.3 is 0 Å². The third-order valence-corrected chi connectivity index (χ3v) is 4.90. The first-order chi connectivity index (χ1) is 13.7. The van der Waals surface area contributed by atoms with Gasteiger partial charge in [0.25, 0.3) is 5.56 Å². The molecule has 12 nitrogen and oxygen atoms in total. The fraction of sp³-hybridized carbons (Fsp3) is 0.647. The Bertz CT molecular complexity index is 843. The number of aromatic amines is 1. The van der Waals surface area contributed by atoms with Crippen LogP contribution in [0.1, 0.15) is 31.1 Å². The van der Waals surface area contributed by atoms with E-state index in [1.807, 2.05) is 0 Å². The number of aliphatic hydroxyl groups excluding tert-OH is 5. The Kier molecular flexibility index (Phi) is 8.10. The number of aliphatic hydroxyl groups is 5. The summed E-state index contributed by atoms with van der Waals surface area (Å²) >= 11 is 0. The maximum absolute atomic E-state index is 12.0. The van der Waals surface area contributed by atoms with Gasteiger partial charge in [-0.3, -0.25) is 9.78 Å². The van der Waals surface area contributed by atoms with Crippen LogP contribution in [0.15, 0.2) is 11.0 Å². The van der Waals surface area contributed by atoms with Crippen molar-refractivity contribution >= 4 is 17.0 Å². The summed E-state index contributed by atoms with van der Waals surface area (Å²) < 4.78 is 6.06. The zero-order valence-corrected chi connectivity index (χ0v) is 16.1. The molecule has 2 heterocycles. The van der Waals surface area contributed by atoms with Crippen molar-refractivity contribution in [2.45, 2.75) is 56.5 Å². The summed E-state index contributed by atoms with van der Waals surface area (Å²) in [5.74, 6) is -0.132. The number of anilines is 1. The first-order valence-corrected chi connectivity index (χ1v) is 9.20. The molecule has 164 valence electrons. The lowest BCUT2D eigenvalue weighted by Crippen LogP contribution is -2.38. The second-order valence-electron chi connectivity index (χ2n) is 6.84. The first-order valence-electron chi connectivity index (χ1n) is 9.20. The lowest BCUT2D eigenvalue weighted by Gasteiger charge is -2.25. The topological polar surface area (TPSA) is 213 Å². The second-order valence-corrected chi connectivity index (χ2v) is 6.84. The predicted octanol–water partition coefficient (Wildman–Crippen LogP) is -2.48. The number of nitrogens with zero attached hydrogens (tertiary/aromatic N) is 2. The van der Waals surface area contributed by atoms with Gasteiger partial charge in [0.1, 0.15) is 12.2 Å². The molecule has 1 aliphatic carbocycles. The van der Waals surface area contributed by atoms with Crippen molar-refractivity contribution in [3.8, 4) is 0 Å². The van der Waals surface area contributed by atoms with Gasteiger partial charge < -0.3 is 46.3 Å². The number of H-pyrrole nitrogens is 1. The maximum atomic E-state index is 12.0.